The number of hydrogen-bond acceptors (Lipinski definition) is 5. The first kappa shape index (κ1) is 17.4. The second-order valence-electron chi connectivity index (χ2n) is 5.85. The Morgan fingerprint density at radius 2 is 2.22 bits per heavy atom. The molecule has 23 heavy (non-hydrogen) atoms. The van der Waals surface area contributed by atoms with Crippen molar-refractivity contribution in [2.75, 3.05) is 6.54 Å². The van der Waals surface area contributed by atoms with Crippen LogP contribution < -0.4 is 10.1 Å². The predicted molar refractivity (Wildman–Crippen MR) is 91.6 cm³/mol. The summed E-state index contributed by atoms with van der Waals surface area (Å²) in [5, 5.41) is 5.86. The van der Waals surface area contributed by atoms with E-state index in [9.17, 15) is 4.79 Å². The third-order valence-corrected chi connectivity index (χ3v) is 4.01. The van der Waals surface area contributed by atoms with Gasteiger partial charge in [0.1, 0.15) is 17.4 Å². The number of amides is 1. The number of carbonyl (C=O) groups is 1. The van der Waals surface area contributed by atoms with E-state index in [-0.39, 0.29) is 5.91 Å². The maximum absolute atomic E-state index is 11.6. The third kappa shape index (κ3) is 6.36. The van der Waals surface area contributed by atoms with Crippen LogP contribution >= 0.6 is 11.3 Å². The van der Waals surface area contributed by atoms with E-state index in [1.807, 2.05) is 38.3 Å². The Balaban J connectivity index is 1.72. The smallest absolute Gasteiger partial charge is 0.220 e. The number of pyridine rings is 1. The van der Waals surface area contributed by atoms with Gasteiger partial charge in [-0.05, 0) is 25.0 Å². The quantitative estimate of drug-likeness (QED) is 0.806. The molecule has 6 heteroatoms. The number of rotatable bonds is 8. The standard InChI is InChI=1S/C17H23N3O2S/c1-12(2)8-16(21)18-7-6-14-11-23-17(20-14)10-22-15-5-4-13(3)19-9-15/h4-5,9,11-12H,6-8,10H2,1-3H3,(H,18,21). The summed E-state index contributed by atoms with van der Waals surface area (Å²) in [6.07, 6.45) is 3.03. The average Bonchev–Trinajstić information content (AvgIpc) is 2.94. The number of aryl methyl sites for hydroxylation is 1. The Hall–Kier alpha value is -1.95. The highest BCUT2D eigenvalue weighted by Crippen LogP contribution is 2.15. The molecule has 5 nitrogen and oxygen atoms in total. The van der Waals surface area contributed by atoms with Gasteiger partial charge in [-0.15, -0.1) is 11.3 Å². The molecule has 2 heterocycles. The summed E-state index contributed by atoms with van der Waals surface area (Å²) < 4.78 is 5.66. The van der Waals surface area contributed by atoms with Crippen LogP contribution in [0.5, 0.6) is 5.75 Å². The molecule has 0 aliphatic rings. The fraction of sp³-hybridized carbons (Fsp3) is 0.471. The molecule has 0 saturated heterocycles. The highest BCUT2D eigenvalue weighted by Gasteiger charge is 2.06. The van der Waals surface area contributed by atoms with Gasteiger partial charge < -0.3 is 10.1 Å². The van der Waals surface area contributed by atoms with Gasteiger partial charge in [0.25, 0.3) is 0 Å². The molecular formula is C17H23N3O2S. The second kappa shape index (κ2) is 8.62. The van der Waals surface area contributed by atoms with E-state index < -0.39 is 0 Å². The van der Waals surface area contributed by atoms with Gasteiger partial charge in [0.15, 0.2) is 0 Å². The first-order valence-corrected chi connectivity index (χ1v) is 8.66. The van der Waals surface area contributed by atoms with Crippen molar-refractivity contribution >= 4 is 17.2 Å². The van der Waals surface area contributed by atoms with Gasteiger partial charge >= 0.3 is 0 Å². The van der Waals surface area contributed by atoms with Gasteiger partial charge in [0, 0.05) is 30.5 Å². The lowest BCUT2D eigenvalue weighted by atomic mass is 10.1. The minimum atomic E-state index is 0.102. The Labute approximate surface area is 141 Å². The number of nitrogens with zero attached hydrogens (tertiary/aromatic N) is 2. The van der Waals surface area contributed by atoms with Crippen LogP contribution in [-0.4, -0.2) is 22.4 Å². The Kier molecular flexibility index (Phi) is 6.52. The first-order chi connectivity index (χ1) is 11.0. The molecule has 1 N–H and O–H groups in total. The van der Waals surface area contributed by atoms with Crippen molar-refractivity contribution in [2.45, 2.75) is 40.2 Å². The molecule has 2 aromatic rings. The Bertz CT molecular complexity index is 623. The Morgan fingerprint density at radius 3 is 2.91 bits per heavy atom. The summed E-state index contributed by atoms with van der Waals surface area (Å²) in [4.78, 5) is 20.3. The minimum Gasteiger partial charge on any atom is -0.485 e. The number of hydrogen-bond donors (Lipinski definition) is 1. The van der Waals surface area contributed by atoms with Crippen molar-refractivity contribution in [3.05, 3.63) is 40.1 Å². The Morgan fingerprint density at radius 1 is 1.39 bits per heavy atom. The summed E-state index contributed by atoms with van der Waals surface area (Å²) in [6, 6.07) is 3.82. The van der Waals surface area contributed by atoms with E-state index in [2.05, 4.69) is 15.3 Å². The predicted octanol–water partition coefficient (Wildman–Crippen LogP) is 3.13. The highest BCUT2D eigenvalue weighted by atomic mass is 32.1. The average molecular weight is 333 g/mol. The molecule has 0 spiro atoms. The molecule has 0 aliphatic carbocycles. The molecule has 0 saturated carbocycles. The molecule has 0 fully saturated rings. The summed E-state index contributed by atoms with van der Waals surface area (Å²) in [7, 11) is 0. The lowest BCUT2D eigenvalue weighted by molar-refractivity contribution is -0.121. The molecule has 2 rings (SSSR count). The van der Waals surface area contributed by atoms with Crippen LogP contribution in [0, 0.1) is 12.8 Å². The number of carbonyl (C=O) groups excluding carboxylic acids is 1. The number of aromatic nitrogens is 2. The van der Waals surface area contributed by atoms with E-state index in [0.717, 1.165) is 28.6 Å². The van der Waals surface area contributed by atoms with E-state index >= 15 is 0 Å². The first-order valence-electron chi connectivity index (χ1n) is 7.78. The van der Waals surface area contributed by atoms with Gasteiger partial charge in [-0.2, -0.15) is 0 Å². The molecule has 0 atom stereocenters. The SMILES string of the molecule is Cc1ccc(OCc2nc(CCNC(=O)CC(C)C)cs2)cn1. The van der Waals surface area contributed by atoms with Crippen LogP contribution in [0.3, 0.4) is 0 Å². The monoisotopic (exact) mass is 333 g/mol. The molecule has 0 aliphatic heterocycles. The summed E-state index contributed by atoms with van der Waals surface area (Å²) >= 11 is 1.57. The van der Waals surface area contributed by atoms with E-state index in [1.54, 1.807) is 17.5 Å². The maximum Gasteiger partial charge on any atom is 0.220 e. The van der Waals surface area contributed by atoms with Crippen LogP contribution in [0.2, 0.25) is 0 Å². The molecule has 0 aromatic carbocycles. The number of nitrogens with one attached hydrogen (secondary N) is 1. The van der Waals surface area contributed by atoms with Crippen LogP contribution in [0.25, 0.3) is 0 Å². The lowest BCUT2D eigenvalue weighted by Gasteiger charge is -2.06. The zero-order chi connectivity index (χ0) is 16.7. The molecular weight excluding hydrogens is 310 g/mol. The molecule has 124 valence electrons. The van der Waals surface area contributed by atoms with Crippen molar-refractivity contribution in [3.63, 3.8) is 0 Å². The van der Waals surface area contributed by atoms with Crippen LogP contribution in [0.15, 0.2) is 23.7 Å². The van der Waals surface area contributed by atoms with Gasteiger partial charge in [0.05, 0.1) is 11.9 Å². The second-order valence-corrected chi connectivity index (χ2v) is 6.80. The van der Waals surface area contributed by atoms with Crippen LogP contribution in [0.1, 0.15) is 36.7 Å². The van der Waals surface area contributed by atoms with Gasteiger partial charge in [-0.1, -0.05) is 13.8 Å². The molecule has 1 amide bonds. The number of thiazole rings is 1. The van der Waals surface area contributed by atoms with Gasteiger partial charge in [-0.3, -0.25) is 9.78 Å². The topological polar surface area (TPSA) is 64.1 Å². The molecule has 0 radical (unpaired) electrons. The van der Waals surface area contributed by atoms with Crippen molar-refractivity contribution in [2.24, 2.45) is 5.92 Å². The van der Waals surface area contributed by atoms with E-state index in [0.29, 0.717) is 25.5 Å². The number of ether oxygens (including phenoxy) is 1. The third-order valence-electron chi connectivity index (χ3n) is 3.14. The largest absolute Gasteiger partial charge is 0.485 e. The molecule has 2 aromatic heterocycles. The van der Waals surface area contributed by atoms with Crippen molar-refractivity contribution in [1.29, 1.82) is 0 Å². The van der Waals surface area contributed by atoms with Crippen LogP contribution in [-0.2, 0) is 17.8 Å². The maximum atomic E-state index is 11.6. The molecule has 0 bridgehead atoms. The van der Waals surface area contributed by atoms with Gasteiger partial charge in [0.2, 0.25) is 5.91 Å². The fourth-order valence-electron chi connectivity index (χ4n) is 1.99. The van der Waals surface area contributed by atoms with Crippen LogP contribution in [0.4, 0.5) is 0 Å². The van der Waals surface area contributed by atoms with Crippen molar-refractivity contribution < 1.29 is 9.53 Å². The van der Waals surface area contributed by atoms with E-state index in [1.165, 1.54) is 0 Å². The molecule has 0 unspecified atom stereocenters. The van der Waals surface area contributed by atoms with E-state index in [4.69, 9.17) is 4.74 Å². The van der Waals surface area contributed by atoms with Gasteiger partial charge in [-0.25, -0.2) is 4.98 Å². The van der Waals surface area contributed by atoms with Crippen molar-refractivity contribution in [1.82, 2.24) is 15.3 Å². The summed E-state index contributed by atoms with van der Waals surface area (Å²) in [6.45, 7) is 7.08. The fourth-order valence-corrected chi connectivity index (χ4v) is 2.73. The lowest BCUT2D eigenvalue weighted by Crippen LogP contribution is -2.26. The highest BCUT2D eigenvalue weighted by molar-refractivity contribution is 7.09. The normalized spacial score (nSPS) is 10.8. The minimum absolute atomic E-state index is 0.102. The zero-order valence-electron chi connectivity index (χ0n) is 13.8. The van der Waals surface area contributed by atoms with Crippen molar-refractivity contribution in [3.8, 4) is 5.75 Å². The summed E-state index contributed by atoms with van der Waals surface area (Å²) in [5.74, 6) is 1.23. The summed E-state index contributed by atoms with van der Waals surface area (Å²) in [5.41, 5.74) is 1.95. The zero-order valence-corrected chi connectivity index (χ0v) is 14.7.